The average Bonchev–Trinajstić information content (AvgIpc) is 2.84. The maximum absolute atomic E-state index is 5.91. The first-order valence-electron chi connectivity index (χ1n) is 4.68. The Balaban J connectivity index is 2.40. The molecule has 2 rings (SSSR count). The van der Waals surface area contributed by atoms with Crippen molar-refractivity contribution in [2.75, 3.05) is 0 Å². The van der Waals surface area contributed by atoms with Crippen molar-refractivity contribution in [1.82, 2.24) is 9.97 Å². The summed E-state index contributed by atoms with van der Waals surface area (Å²) in [6.45, 7) is 4.27. The van der Waals surface area contributed by atoms with Crippen molar-refractivity contribution < 1.29 is 0 Å². The van der Waals surface area contributed by atoms with Crippen LogP contribution in [0.4, 0.5) is 0 Å². The highest BCUT2D eigenvalue weighted by molar-refractivity contribution is 6.29. The molecule has 3 heteroatoms. The zero-order chi connectivity index (χ0) is 9.47. The van der Waals surface area contributed by atoms with Gasteiger partial charge in [0, 0.05) is 11.1 Å². The Kier molecular flexibility index (Phi) is 2.03. The van der Waals surface area contributed by atoms with Crippen LogP contribution < -0.4 is 0 Å². The Morgan fingerprint density at radius 2 is 2.15 bits per heavy atom. The lowest BCUT2D eigenvalue weighted by Gasteiger charge is -2.08. The van der Waals surface area contributed by atoms with Crippen LogP contribution in [-0.4, -0.2) is 9.97 Å². The molecule has 0 aromatic carbocycles. The summed E-state index contributed by atoms with van der Waals surface area (Å²) in [7, 11) is 0. The van der Waals surface area contributed by atoms with Gasteiger partial charge in [0.25, 0.3) is 0 Å². The van der Waals surface area contributed by atoms with Crippen molar-refractivity contribution in [2.24, 2.45) is 0 Å². The largest absolute Gasteiger partial charge is 0.237 e. The van der Waals surface area contributed by atoms with Crippen molar-refractivity contribution in [3.05, 3.63) is 22.7 Å². The molecular formula is C10H13ClN2. The molecule has 1 saturated carbocycles. The Morgan fingerprint density at radius 1 is 1.46 bits per heavy atom. The molecule has 1 aliphatic carbocycles. The molecule has 1 aromatic rings. The van der Waals surface area contributed by atoms with Crippen LogP contribution in [0.5, 0.6) is 0 Å². The minimum atomic E-state index is 0.217. The van der Waals surface area contributed by atoms with E-state index in [4.69, 9.17) is 11.6 Å². The third-order valence-electron chi connectivity index (χ3n) is 2.65. The fraction of sp³-hybridized carbons (Fsp3) is 0.600. The summed E-state index contributed by atoms with van der Waals surface area (Å²) >= 11 is 5.91. The van der Waals surface area contributed by atoms with Crippen molar-refractivity contribution in [3.8, 4) is 0 Å². The second-order valence-corrected chi connectivity index (χ2v) is 4.31. The summed E-state index contributed by atoms with van der Waals surface area (Å²) in [6, 6.07) is 1.84. The first-order valence-corrected chi connectivity index (χ1v) is 5.06. The van der Waals surface area contributed by atoms with Gasteiger partial charge in [-0.15, -0.1) is 0 Å². The number of aryl methyl sites for hydroxylation is 1. The zero-order valence-electron chi connectivity index (χ0n) is 7.97. The molecule has 0 radical (unpaired) electrons. The molecule has 70 valence electrons. The van der Waals surface area contributed by atoms with E-state index in [1.807, 2.05) is 6.07 Å². The van der Waals surface area contributed by atoms with Crippen molar-refractivity contribution >= 4 is 11.6 Å². The van der Waals surface area contributed by atoms with E-state index in [-0.39, 0.29) is 5.41 Å². The molecule has 13 heavy (non-hydrogen) atoms. The molecule has 0 unspecified atom stereocenters. The lowest BCUT2D eigenvalue weighted by molar-refractivity contribution is 0.698. The average molecular weight is 197 g/mol. The summed E-state index contributed by atoms with van der Waals surface area (Å²) < 4.78 is 0. The number of aromatic nitrogens is 2. The minimum Gasteiger partial charge on any atom is -0.237 e. The van der Waals surface area contributed by atoms with Gasteiger partial charge in [0.2, 0.25) is 0 Å². The number of hydrogen-bond acceptors (Lipinski definition) is 2. The van der Waals surface area contributed by atoms with E-state index in [0.29, 0.717) is 5.15 Å². The molecule has 2 nitrogen and oxygen atoms in total. The number of rotatable bonds is 2. The first-order chi connectivity index (χ1) is 6.14. The number of hydrogen-bond donors (Lipinski definition) is 0. The van der Waals surface area contributed by atoms with Gasteiger partial charge in [-0.3, -0.25) is 0 Å². The summed E-state index contributed by atoms with van der Waals surface area (Å²) in [5.41, 5.74) is 1.26. The van der Waals surface area contributed by atoms with Gasteiger partial charge >= 0.3 is 0 Å². The second-order valence-electron chi connectivity index (χ2n) is 3.92. The lowest BCUT2D eigenvalue weighted by atomic mass is 10.1. The highest BCUT2D eigenvalue weighted by atomic mass is 35.5. The summed E-state index contributed by atoms with van der Waals surface area (Å²) in [4.78, 5) is 8.76. The first kappa shape index (κ1) is 8.95. The highest BCUT2D eigenvalue weighted by Crippen LogP contribution is 2.46. The van der Waals surface area contributed by atoms with E-state index >= 15 is 0 Å². The minimum absolute atomic E-state index is 0.217. The fourth-order valence-electron chi connectivity index (χ4n) is 1.33. The molecular weight excluding hydrogens is 184 g/mol. The summed E-state index contributed by atoms with van der Waals surface area (Å²) in [5.74, 6) is 0.928. The molecule has 1 aliphatic rings. The highest BCUT2D eigenvalue weighted by Gasteiger charge is 2.42. The maximum atomic E-state index is 5.91. The van der Waals surface area contributed by atoms with E-state index < -0.39 is 0 Å². The normalized spacial score (nSPS) is 18.7. The molecule has 0 amide bonds. The molecule has 0 spiro atoms. The van der Waals surface area contributed by atoms with Gasteiger partial charge in [0.15, 0.2) is 0 Å². The molecule has 0 atom stereocenters. The molecule has 1 heterocycles. The van der Waals surface area contributed by atoms with Crippen LogP contribution >= 0.6 is 11.6 Å². The van der Waals surface area contributed by atoms with Gasteiger partial charge in [-0.05, 0) is 25.3 Å². The van der Waals surface area contributed by atoms with Gasteiger partial charge < -0.3 is 0 Å². The molecule has 1 fully saturated rings. The fourth-order valence-corrected chi connectivity index (χ4v) is 1.53. The van der Waals surface area contributed by atoms with Crippen LogP contribution in [0, 0.1) is 0 Å². The van der Waals surface area contributed by atoms with Gasteiger partial charge in [-0.2, -0.15) is 0 Å². The van der Waals surface area contributed by atoms with Crippen LogP contribution in [0.25, 0.3) is 0 Å². The monoisotopic (exact) mass is 196 g/mol. The molecule has 0 aliphatic heterocycles. The van der Waals surface area contributed by atoms with Crippen molar-refractivity contribution in [1.29, 1.82) is 0 Å². The number of halogens is 1. The second kappa shape index (κ2) is 2.95. The van der Waals surface area contributed by atoms with Crippen molar-refractivity contribution in [3.63, 3.8) is 0 Å². The molecule has 1 aromatic heterocycles. The Bertz CT molecular complexity index is 332. The third kappa shape index (κ3) is 1.68. The van der Waals surface area contributed by atoms with E-state index in [1.54, 1.807) is 0 Å². The molecule has 0 N–H and O–H groups in total. The zero-order valence-corrected chi connectivity index (χ0v) is 8.73. The Labute approximate surface area is 83.4 Å². The standard InChI is InChI=1S/C10H13ClN2/c1-3-7-6-8(11)13-9(12-7)10(2)4-5-10/h6H,3-5H2,1-2H3. The predicted molar refractivity (Wildman–Crippen MR) is 53.0 cm³/mol. The van der Waals surface area contributed by atoms with Crippen LogP contribution in [0.15, 0.2) is 6.07 Å². The van der Waals surface area contributed by atoms with Gasteiger partial charge in [-0.25, -0.2) is 9.97 Å². The van der Waals surface area contributed by atoms with Gasteiger partial charge in [0.05, 0.1) is 0 Å². The van der Waals surface area contributed by atoms with Crippen LogP contribution in [0.2, 0.25) is 5.15 Å². The Morgan fingerprint density at radius 3 is 2.69 bits per heavy atom. The maximum Gasteiger partial charge on any atom is 0.136 e. The lowest BCUT2D eigenvalue weighted by Crippen LogP contribution is -2.08. The smallest absolute Gasteiger partial charge is 0.136 e. The summed E-state index contributed by atoms with van der Waals surface area (Å²) in [6.07, 6.45) is 3.30. The predicted octanol–water partition coefficient (Wildman–Crippen LogP) is 2.74. The van der Waals surface area contributed by atoms with E-state index in [9.17, 15) is 0 Å². The van der Waals surface area contributed by atoms with E-state index in [1.165, 1.54) is 12.8 Å². The summed E-state index contributed by atoms with van der Waals surface area (Å²) in [5, 5.41) is 0.579. The Hall–Kier alpha value is -0.630. The van der Waals surface area contributed by atoms with Crippen LogP contribution in [0.3, 0.4) is 0 Å². The molecule has 0 saturated heterocycles. The van der Waals surface area contributed by atoms with Crippen LogP contribution in [0.1, 0.15) is 38.2 Å². The third-order valence-corrected chi connectivity index (χ3v) is 2.84. The van der Waals surface area contributed by atoms with E-state index in [0.717, 1.165) is 17.9 Å². The van der Waals surface area contributed by atoms with Crippen molar-refractivity contribution in [2.45, 2.75) is 38.5 Å². The SMILES string of the molecule is CCc1cc(Cl)nc(C2(C)CC2)n1. The van der Waals surface area contributed by atoms with Crippen LogP contribution in [-0.2, 0) is 11.8 Å². The topological polar surface area (TPSA) is 25.8 Å². The quantitative estimate of drug-likeness (QED) is 0.680. The van der Waals surface area contributed by atoms with E-state index in [2.05, 4.69) is 23.8 Å². The van der Waals surface area contributed by atoms with Gasteiger partial charge in [0.1, 0.15) is 11.0 Å². The van der Waals surface area contributed by atoms with Gasteiger partial charge in [-0.1, -0.05) is 25.4 Å². The molecule has 0 bridgehead atoms. The number of nitrogens with zero attached hydrogens (tertiary/aromatic N) is 2.